The highest BCUT2D eigenvalue weighted by Gasteiger charge is 2.04. The number of aromatic nitrogens is 2. The molecule has 1 atom stereocenters. The van der Waals surface area contributed by atoms with Crippen LogP contribution in [0.2, 0.25) is 0 Å². The molecule has 0 amide bonds. The summed E-state index contributed by atoms with van der Waals surface area (Å²) in [4.78, 5) is 0. The Bertz CT molecular complexity index is 270. The van der Waals surface area contributed by atoms with E-state index in [4.69, 9.17) is 4.74 Å². The number of rotatable bonds is 7. The van der Waals surface area contributed by atoms with Gasteiger partial charge in [-0.2, -0.15) is 5.10 Å². The molecule has 0 radical (unpaired) electrons. The minimum absolute atomic E-state index is 0.481. The molecule has 1 aromatic heterocycles. The summed E-state index contributed by atoms with van der Waals surface area (Å²) >= 11 is 0. The summed E-state index contributed by atoms with van der Waals surface area (Å²) in [6.45, 7) is 8.00. The highest BCUT2D eigenvalue weighted by molar-refractivity contribution is 4.97. The van der Waals surface area contributed by atoms with Crippen LogP contribution in [0, 0.1) is 0 Å². The van der Waals surface area contributed by atoms with E-state index < -0.39 is 0 Å². The Morgan fingerprint density at radius 1 is 1.47 bits per heavy atom. The van der Waals surface area contributed by atoms with Crippen LogP contribution in [-0.2, 0) is 11.3 Å². The van der Waals surface area contributed by atoms with Crippen molar-refractivity contribution < 1.29 is 4.74 Å². The summed E-state index contributed by atoms with van der Waals surface area (Å²) < 4.78 is 7.52. The van der Waals surface area contributed by atoms with Crippen molar-refractivity contribution in [2.75, 3.05) is 6.61 Å². The highest BCUT2D eigenvalue weighted by Crippen LogP contribution is 2.09. The Balaban J connectivity index is 2.33. The molecule has 0 unspecified atom stereocenters. The van der Waals surface area contributed by atoms with Gasteiger partial charge in [0.25, 0.3) is 0 Å². The lowest BCUT2D eigenvalue weighted by atomic mass is 10.3. The molecule has 0 spiro atoms. The molecule has 0 saturated heterocycles. The Morgan fingerprint density at radius 3 is 2.93 bits per heavy atom. The molecule has 15 heavy (non-hydrogen) atoms. The molecule has 1 rings (SSSR count). The Kier molecular flexibility index (Phi) is 5.40. The van der Waals surface area contributed by atoms with Crippen LogP contribution >= 0.6 is 0 Å². The Labute approximate surface area is 92.4 Å². The minimum atomic E-state index is 0.481. The van der Waals surface area contributed by atoms with Crippen molar-refractivity contribution in [2.24, 2.45) is 0 Å². The number of ether oxygens (including phenoxy) is 1. The van der Waals surface area contributed by atoms with E-state index in [0.29, 0.717) is 12.6 Å². The smallest absolute Gasteiger partial charge is 0.0906 e. The molecule has 0 aromatic carbocycles. The summed E-state index contributed by atoms with van der Waals surface area (Å²) in [6, 6.07) is 2.52. The first-order chi connectivity index (χ1) is 7.27. The van der Waals surface area contributed by atoms with Gasteiger partial charge in [0.05, 0.1) is 12.3 Å². The van der Waals surface area contributed by atoms with Gasteiger partial charge in [0.2, 0.25) is 0 Å². The molecule has 0 N–H and O–H groups in total. The number of nitrogens with zero attached hydrogens (tertiary/aromatic N) is 2. The van der Waals surface area contributed by atoms with Crippen molar-refractivity contribution in [3.63, 3.8) is 0 Å². The van der Waals surface area contributed by atoms with Gasteiger partial charge < -0.3 is 4.74 Å². The van der Waals surface area contributed by atoms with Crippen molar-refractivity contribution in [1.29, 1.82) is 0 Å². The molecule has 3 nitrogen and oxygen atoms in total. The summed E-state index contributed by atoms with van der Waals surface area (Å²) in [6.07, 6.45) is 5.46. The van der Waals surface area contributed by atoms with E-state index in [1.165, 1.54) is 6.42 Å². The summed E-state index contributed by atoms with van der Waals surface area (Å²) in [5.74, 6) is 0. The van der Waals surface area contributed by atoms with Gasteiger partial charge in [0.15, 0.2) is 0 Å². The predicted octanol–water partition coefficient (Wildman–Crippen LogP) is 3.17. The van der Waals surface area contributed by atoms with Crippen molar-refractivity contribution >= 4 is 0 Å². The van der Waals surface area contributed by atoms with Gasteiger partial charge >= 0.3 is 0 Å². The predicted molar refractivity (Wildman–Crippen MR) is 61.8 cm³/mol. The average molecular weight is 210 g/mol. The van der Waals surface area contributed by atoms with Crippen LogP contribution in [0.15, 0.2) is 12.3 Å². The second kappa shape index (κ2) is 6.62. The first-order valence-electron chi connectivity index (χ1n) is 5.89. The SMILES string of the molecule is CCCCOCc1ccn([C@H](C)CC)n1. The number of hydrogen-bond acceptors (Lipinski definition) is 2. The maximum Gasteiger partial charge on any atom is 0.0906 e. The molecule has 0 aliphatic rings. The quantitative estimate of drug-likeness (QED) is 0.646. The van der Waals surface area contributed by atoms with E-state index >= 15 is 0 Å². The standard InChI is InChI=1S/C12H22N2O/c1-4-6-9-15-10-12-7-8-14(13-12)11(3)5-2/h7-8,11H,4-6,9-10H2,1-3H3/t11-/m1/s1. The van der Waals surface area contributed by atoms with Crippen LogP contribution < -0.4 is 0 Å². The number of hydrogen-bond donors (Lipinski definition) is 0. The maximum atomic E-state index is 5.51. The van der Waals surface area contributed by atoms with Crippen LogP contribution in [0.5, 0.6) is 0 Å². The molecule has 0 aliphatic carbocycles. The molecular formula is C12H22N2O. The Hall–Kier alpha value is -0.830. The van der Waals surface area contributed by atoms with Gasteiger partial charge in [-0.25, -0.2) is 0 Å². The molecule has 0 aliphatic heterocycles. The van der Waals surface area contributed by atoms with E-state index in [2.05, 4.69) is 25.9 Å². The third-order valence-electron chi connectivity index (χ3n) is 2.60. The zero-order valence-corrected chi connectivity index (χ0v) is 10.1. The summed E-state index contributed by atoms with van der Waals surface area (Å²) in [5.41, 5.74) is 1.03. The van der Waals surface area contributed by atoms with Gasteiger partial charge in [0, 0.05) is 18.8 Å². The third-order valence-corrected chi connectivity index (χ3v) is 2.60. The average Bonchev–Trinajstić information content (AvgIpc) is 2.72. The zero-order valence-electron chi connectivity index (χ0n) is 10.1. The van der Waals surface area contributed by atoms with Gasteiger partial charge in [0.1, 0.15) is 0 Å². The zero-order chi connectivity index (χ0) is 11.1. The van der Waals surface area contributed by atoms with E-state index in [0.717, 1.165) is 25.1 Å². The molecular weight excluding hydrogens is 188 g/mol. The largest absolute Gasteiger partial charge is 0.375 e. The molecule has 1 heterocycles. The van der Waals surface area contributed by atoms with Gasteiger partial charge in [-0.15, -0.1) is 0 Å². The molecule has 1 aromatic rings. The lowest BCUT2D eigenvalue weighted by molar-refractivity contribution is 0.115. The van der Waals surface area contributed by atoms with Gasteiger partial charge in [-0.1, -0.05) is 20.3 Å². The number of unbranched alkanes of at least 4 members (excludes halogenated alkanes) is 1. The minimum Gasteiger partial charge on any atom is -0.375 e. The summed E-state index contributed by atoms with van der Waals surface area (Å²) in [7, 11) is 0. The highest BCUT2D eigenvalue weighted by atomic mass is 16.5. The van der Waals surface area contributed by atoms with E-state index in [1.54, 1.807) is 0 Å². The molecule has 0 bridgehead atoms. The fourth-order valence-electron chi connectivity index (χ4n) is 1.31. The second-order valence-electron chi connectivity index (χ2n) is 3.95. The second-order valence-corrected chi connectivity index (χ2v) is 3.95. The van der Waals surface area contributed by atoms with E-state index in [1.807, 2.05) is 16.9 Å². The van der Waals surface area contributed by atoms with Gasteiger partial charge in [-0.3, -0.25) is 4.68 Å². The van der Waals surface area contributed by atoms with Crippen LogP contribution in [0.1, 0.15) is 51.8 Å². The normalized spacial score (nSPS) is 13.0. The van der Waals surface area contributed by atoms with Crippen LogP contribution in [0.4, 0.5) is 0 Å². The molecule has 0 fully saturated rings. The lowest BCUT2D eigenvalue weighted by Gasteiger charge is -2.08. The van der Waals surface area contributed by atoms with Crippen molar-refractivity contribution in [2.45, 2.75) is 52.7 Å². The first kappa shape index (κ1) is 12.2. The topological polar surface area (TPSA) is 27.1 Å². The van der Waals surface area contributed by atoms with Crippen molar-refractivity contribution in [3.8, 4) is 0 Å². The monoisotopic (exact) mass is 210 g/mol. The Morgan fingerprint density at radius 2 is 2.27 bits per heavy atom. The van der Waals surface area contributed by atoms with Gasteiger partial charge in [-0.05, 0) is 25.8 Å². The van der Waals surface area contributed by atoms with E-state index in [9.17, 15) is 0 Å². The lowest BCUT2D eigenvalue weighted by Crippen LogP contribution is -2.05. The van der Waals surface area contributed by atoms with Crippen molar-refractivity contribution in [3.05, 3.63) is 18.0 Å². The van der Waals surface area contributed by atoms with Crippen LogP contribution in [0.3, 0.4) is 0 Å². The summed E-state index contributed by atoms with van der Waals surface area (Å²) in [5, 5.41) is 4.47. The van der Waals surface area contributed by atoms with Crippen LogP contribution in [0.25, 0.3) is 0 Å². The maximum absolute atomic E-state index is 5.51. The van der Waals surface area contributed by atoms with E-state index in [-0.39, 0.29) is 0 Å². The molecule has 3 heteroatoms. The third kappa shape index (κ3) is 4.04. The fraction of sp³-hybridized carbons (Fsp3) is 0.750. The van der Waals surface area contributed by atoms with Crippen molar-refractivity contribution in [1.82, 2.24) is 9.78 Å². The molecule has 0 saturated carbocycles. The first-order valence-corrected chi connectivity index (χ1v) is 5.89. The fourth-order valence-corrected chi connectivity index (χ4v) is 1.31. The molecule has 86 valence electrons. The van der Waals surface area contributed by atoms with Crippen LogP contribution in [-0.4, -0.2) is 16.4 Å².